The fourth-order valence-corrected chi connectivity index (χ4v) is 3.88. The van der Waals surface area contributed by atoms with Crippen LogP contribution in [-0.2, 0) is 17.9 Å². The quantitative estimate of drug-likeness (QED) is 0.313. The molecule has 204 valence electrons. The summed E-state index contributed by atoms with van der Waals surface area (Å²) in [5.74, 6) is -1.26. The van der Waals surface area contributed by atoms with Crippen molar-refractivity contribution in [2.45, 2.75) is 38.0 Å². The number of benzene rings is 1. The zero-order valence-corrected chi connectivity index (χ0v) is 20.5. The molecular weight excluding hydrogens is 548 g/mol. The second kappa shape index (κ2) is 10.2. The van der Waals surface area contributed by atoms with Gasteiger partial charge in [-0.2, -0.15) is 13.2 Å². The van der Waals surface area contributed by atoms with E-state index in [1.165, 1.54) is 53.7 Å². The van der Waals surface area contributed by atoms with Crippen LogP contribution in [0.5, 0.6) is 0 Å². The van der Waals surface area contributed by atoms with Gasteiger partial charge < -0.3 is 10.4 Å². The number of carbonyl (C=O) groups excluding carboxylic acids is 1. The summed E-state index contributed by atoms with van der Waals surface area (Å²) in [5.41, 5.74) is -0.0176. The van der Waals surface area contributed by atoms with E-state index >= 15 is 0 Å². The minimum absolute atomic E-state index is 0.0629. The highest BCUT2D eigenvalue weighted by atomic mass is 35.5. The van der Waals surface area contributed by atoms with E-state index in [0.29, 0.717) is 26.5 Å². The number of anilines is 1. The molecule has 1 aromatic carbocycles. The van der Waals surface area contributed by atoms with E-state index in [2.05, 4.69) is 25.5 Å². The fourth-order valence-electron chi connectivity index (χ4n) is 3.75. The molecule has 3 atom stereocenters. The normalized spacial score (nSPS) is 17.7. The van der Waals surface area contributed by atoms with Gasteiger partial charge in [-0.05, 0) is 36.8 Å². The predicted molar refractivity (Wildman–Crippen MR) is 129 cm³/mol. The first-order valence-corrected chi connectivity index (χ1v) is 11.9. The molecule has 3 aromatic heterocycles. The second-order valence-electron chi connectivity index (χ2n) is 8.78. The van der Waals surface area contributed by atoms with Gasteiger partial charge in [-0.3, -0.25) is 14.3 Å². The third-order valence-corrected chi connectivity index (χ3v) is 6.20. The number of hydrogen-bond acceptors (Lipinski definition) is 7. The summed E-state index contributed by atoms with van der Waals surface area (Å²) in [6.07, 6.45) is -4.69. The molecule has 1 aliphatic carbocycles. The number of nitrogens with zero attached hydrogens (tertiary/aromatic N) is 7. The van der Waals surface area contributed by atoms with Gasteiger partial charge in [0.05, 0.1) is 24.3 Å². The zero-order valence-electron chi connectivity index (χ0n) is 19.8. The topological polar surface area (TPSA) is 133 Å². The maximum absolute atomic E-state index is 13.3. The van der Waals surface area contributed by atoms with Crippen molar-refractivity contribution in [2.75, 3.05) is 5.32 Å². The Balaban J connectivity index is 1.43. The van der Waals surface area contributed by atoms with Gasteiger partial charge in [-0.25, -0.2) is 23.5 Å². The standard InChI is InChI=1S/C23H19ClF4N8O3/c24-13-3-1-12(2-4-13)20-33-35(22(39)34(20)9-18(37)23(26,27)28)10-19-30-11-36(32-19)17-8-29-6-5-16(17)31-21(38)14-7-15(14)25/h1-6,8,11,14-15,18,37H,7,9-10H2,(H,29,31,38)/t14-,15+,18?/m1/s1. The third kappa shape index (κ3) is 5.68. The van der Waals surface area contributed by atoms with Crippen molar-refractivity contribution in [3.63, 3.8) is 0 Å². The van der Waals surface area contributed by atoms with E-state index in [1.807, 2.05) is 0 Å². The number of halogens is 5. The number of aliphatic hydroxyl groups is 1. The van der Waals surface area contributed by atoms with Crippen molar-refractivity contribution in [2.24, 2.45) is 5.92 Å². The number of hydrogen-bond donors (Lipinski definition) is 2. The van der Waals surface area contributed by atoms with Crippen LogP contribution in [-0.4, -0.2) is 63.6 Å². The lowest BCUT2D eigenvalue weighted by Crippen LogP contribution is -2.37. The molecule has 39 heavy (non-hydrogen) atoms. The van der Waals surface area contributed by atoms with Crippen molar-refractivity contribution in [1.82, 2.24) is 34.1 Å². The van der Waals surface area contributed by atoms with Crippen LogP contribution in [0.3, 0.4) is 0 Å². The fraction of sp³-hybridized carbons (Fsp3) is 0.304. The SMILES string of the molecule is O=C(Nc1ccncc1-n1cnc(Cn2nc(-c3ccc(Cl)cc3)n(CC(O)C(F)(F)F)c2=O)n1)[C@@H]1C[C@@H]1F. The first kappa shape index (κ1) is 26.5. The Morgan fingerprint density at radius 3 is 2.59 bits per heavy atom. The Bertz CT molecular complexity index is 1570. The monoisotopic (exact) mass is 566 g/mol. The number of aliphatic hydroxyl groups excluding tert-OH is 1. The van der Waals surface area contributed by atoms with Gasteiger partial charge in [0.1, 0.15) is 24.7 Å². The molecule has 1 amide bonds. The minimum atomic E-state index is -4.96. The molecule has 0 bridgehead atoms. The molecule has 2 N–H and O–H groups in total. The molecule has 1 saturated carbocycles. The van der Waals surface area contributed by atoms with E-state index in [4.69, 9.17) is 11.6 Å². The van der Waals surface area contributed by atoms with E-state index in [1.54, 1.807) is 0 Å². The molecule has 0 aliphatic heterocycles. The van der Waals surface area contributed by atoms with E-state index in [-0.39, 0.29) is 24.6 Å². The molecule has 0 spiro atoms. The lowest BCUT2D eigenvalue weighted by Gasteiger charge is -2.15. The van der Waals surface area contributed by atoms with Gasteiger partial charge >= 0.3 is 11.9 Å². The average Bonchev–Trinajstić information content (AvgIpc) is 3.32. The first-order chi connectivity index (χ1) is 18.5. The summed E-state index contributed by atoms with van der Waals surface area (Å²) in [7, 11) is 0. The molecular formula is C23H19ClF4N8O3. The molecule has 11 nitrogen and oxygen atoms in total. The largest absolute Gasteiger partial charge is 0.416 e. The summed E-state index contributed by atoms with van der Waals surface area (Å²) in [6.45, 7) is -1.41. The number of amides is 1. The third-order valence-electron chi connectivity index (χ3n) is 5.94. The molecule has 5 rings (SSSR count). The molecule has 1 unspecified atom stereocenters. The van der Waals surface area contributed by atoms with Crippen LogP contribution in [0.25, 0.3) is 17.1 Å². The van der Waals surface area contributed by atoms with Crippen LogP contribution in [0.2, 0.25) is 5.02 Å². The van der Waals surface area contributed by atoms with Gasteiger partial charge in [0.2, 0.25) is 5.91 Å². The Hall–Kier alpha value is -4.11. The lowest BCUT2D eigenvalue weighted by molar-refractivity contribution is -0.207. The minimum Gasteiger partial charge on any atom is -0.382 e. The van der Waals surface area contributed by atoms with Crippen molar-refractivity contribution in [3.8, 4) is 17.1 Å². The highest BCUT2D eigenvalue weighted by Crippen LogP contribution is 2.35. The van der Waals surface area contributed by atoms with Gasteiger partial charge in [0.25, 0.3) is 0 Å². The average molecular weight is 567 g/mol. The molecule has 1 fully saturated rings. The molecule has 0 radical (unpaired) electrons. The Kier molecular flexibility index (Phi) is 6.94. The van der Waals surface area contributed by atoms with Crippen molar-refractivity contribution in [1.29, 1.82) is 0 Å². The highest BCUT2D eigenvalue weighted by molar-refractivity contribution is 6.30. The van der Waals surface area contributed by atoms with Crippen molar-refractivity contribution >= 4 is 23.2 Å². The summed E-state index contributed by atoms with van der Waals surface area (Å²) in [5, 5.41) is 21.0. The molecule has 1 aliphatic rings. The second-order valence-corrected chi connectivity index (χ2v) is 9.22. The smallest absolute Gasteiger partial charge is 0.382 e. The van der Waals surface area contributed by atoms with Crippen LogP contribution in [0.4, 0.5) is 23.2 Å². The van der Waals surface area contributed by atoms with Gasteiger partial charge in [0.15, 0.2) is 17.8 Å². The van der Waals surface area contributed by atoms with E-state index < -0.39 is 42.5 Å². The lowest BCUT2D eigenvalue weighted by atomic mass is 10.2. The van der Waals surface area contributed by atoms with Gasteiger partial charge in [-0.15, -0.1) is 10.2 Å². The number of aromatic nitrogens is 7. The maximum atomic E-state index is 13.3. The maximum Gasteiger partial charge on any atom is 0.416 e. The summed E-state index contributed by atoms with van der Waals surface area (Å²) < 4.78 is 55.3. The molecule has 3 heterocycles. The molecule has 0 saturated heterocycles. The Morgan fingerprint density at radius 2 is 1.92 bits per heavy atom. The summed E-state index contributed by atoms with van der Waals surface area (Å²) in [6, 6.07) is 7.41. The Morgan fingerprint density at radius 1 is 1.21 bits per heavy atom. The highest BCUT2D eigenvalue weighted by Gasteiger charge is 2.44. The number of pyridine rings is 1. The van der Waals surface area contributed by atoms with Crippen molar-refractivity contribution in [3.05, 3.63) is 70.4 Å². The zero-order chi connectivity index (χ0) is 27.9. The van der Waals surface area contributed by atoms with Crippen LogP contribution >= 0.6 is 11.6 Å². The predicted octanol–water partition coefficient (Wildman–Crippen LogP) is 2.61. The van der Waals surface area contributed by atoms with Crippen molar-refractivity contribution < 1.29 is 27.5 Å². The van der Waals surface area contributed by atoms with E-state index in [0.717, 1.165) is 4.68 Å². The van der Waals surface area contributed by atoms with Gasteiger partial charge in [0, 0.05) is 16.8 Å². The number of alkyl halides is 4. The van der Waals surface area contributed by atoms with Crippen LogP contribution in [0.15, 0.2) is 53.8 Å². The number of rotatable bonds is 8. The first-order valence-electron chi connectivity index (χ1n) is 11.5. The van der Waals surface area contributed by atoms with Gasteiger partial charge in [-0.1, -0.05) is 11.6 Å². The molecule has 16 heteroatoms. The van der Waals surface area contributed by atoms with Crippen LogP contribution < -0.4 is 11.0 Å². The van der Waals surface area contributed by atoms with Crippen LogP contribution in [0.1, 0.15) is 12.2 Å². The van der Waals surface area contributed by atoms with Crippen LogP contribution in [0, 0.1) is 5.92 Å². The summed E-state index contributed by atoms with van der Waals surface area (Å²) in [4.78, 5) is 33.4. The number of nitrogens with one attached hydrogen (secondary N) is 1. The molecule has 4 aromatic rings. The Labute approximate surface area is 221 Å². The number of carbonyl (C=O) groups is 1. The van der Waals surface area contributed by atoms with E-state index in [9.17, 15) is 32.3 Å². The summed E-state index contributed by atoms with van der Waals surface area (Å²) >= 11 is 5.90.